The number of carbonyl (C=O) groups is 1. The molecule has 0 aliphatic heterocycles. The minimum Gasteiger partial charge on any atom is -0.497 e. The van der Waals surface area contributed by atoms with E-state index in [2.05, 4.69) is 15.5 Å². The van der Waals surface area contributed by atoms with Gasteiger partial charge in [-0.25, -0.2) is 9.89 Å². The Balaban J connectivity index is 1.82. The van der Waals surface area contributed by atoms with Crippen molar-refractivity contribution in [2.75, 3.05) is 13.7 Å². The van der Waals surface area contributed by atoms with Crippen LogP contribution in [0.5, 0.6) is 5.75 Å². The normalized spacial score (nSPS) is 12.0. The van der Waals surface area contributed by atoms with Crippen LogP contribution in [0.1, 0.15) is 25.8 Å². The van der Waals surface area contributed by atoms with Crippen molar-refractivity contribution in [3.8, 4) is 5.75 Å². The van der Waals surface area contributed by atoms with Crippen LogP contribution in [0.4, 0.5) is 0 Å². The molecule has 0 unspecified atom stereocenters. The van der Waals surface area contributed by atoms with Crippen LogP contribution < -0.4 is 15.7 Å². The van der Waals surface area contributed by atoms with Gasteiger partial charge in [-0.05, 0) is 37.5 Å². The lowest BCUT2D eigenvalue weighted by molar-refractivity contribution is -0.120. The smallest absolute Gasteiger partial charge is 0.343 e. The van der Waals surface area contributed by atoms with Gasteiger partial charge >= 0.3 is 5.69 Å². The van der Waals surface area contributed by atoms with Crippen LogP contribution in [0, 0.1) is 0 Å². The van der Waals surface area contributed by atoms with Gasteiger partial charge in [-0.3, -0.25) is 9.36 Å². The Hall–Kier alpha value is -2.22. The van der Waals surface area contributed by atoms with Crippen molar-refractivity contribution in [1.29, 1.82) is 0 Å². The Bertz CT molecular complexity index is 739. The van der Waals surface area contributed by atoms with Gasteiger partial charge in [-0.2, -0.15) is 0 Å². The summed E-state index contributed by atoms with van der Waals surface area (Å²) in [5.74, 6) is 0.743. The molecule has 2 aromatic rings. The van der Waals surface area contributed by atoms with Crippen LogP contribution >= 0.6 is 11.8 Å². The highest BCUT2D eigenvalue weighted by molar-refractivity contribution is 8.00. The molecular weight excluding hydrogens is 340 g/mol. The highest BCUT2D eigenvalue weighted by Gasteiger charge is 2.18. The van der Waals surface area contributed by atoms with Crippen LogP contribution in [-0.2, 0) is 17.8 Å². The van der Waals surface area contributed by atoms with Crippen molar-refractivity contribution in [2.45, 2.75) is 43.6 Å². The molecule has 2 rings (SSSR count). The first-order chi connectivity index (χ1) is 12.0. The van der Waals surface area contributed by atoms with Gasteiger partial charge in [0, 0.05) is 13.1 Å². The van der Waals surface area contributed by atoms with E-state index in [0.717, 1.165) is 24.2 Å². The van der Waals surface area contributed by atoms with Crippen LogP contribution in [0.3, 0.4) is 0 Å². The zero-order chi connectivity index (χ0) is 18.2. The third-order valence-electron chi connectivity index (χ3n) is 3.69. The fourth-order valence-electron chi connectivity index (χ4n) is 2.29. The van der Waals surface area contributed by atoms with E-state index in [1.807, 2.05) is 38.1 Å². The van der Waals surface area contributed by atoms with Crippen molar-refractivity contribution >= 4 is 17.7 Å². The van der Waals surface area contributed by atoms with Gasteiger partial charge in [0.15, 0.2) is 5.16 Å². The summed E-state index contributed by atoms with van der Waals surface area (Å²) in [5, 5.41) is 9.57. The largest absolute Gasteiger partial charge is 0.497 e. The molecule has 1 atom stereocenters. The number of nitrogens with one attached hydrogen (secondary N) is 2. The Labute approximate surface area is 151 Å². The maximum Gasteiger partial charge on any atom is 0.343 e. The van der Waals surface area contributed by atoms with Crippen molar-refractivity contribution in [3.05, 3.63) is 40.3 Å². The van der Waals surface area contributed by atoms with Crippen LogP contribution in [0.15, 0.2) is 34.2 Å². The van der Waals surface area contributed by atoms with E-state index in [9.17, 15) is 9.59 Å². The number of thioether (sulfide) groups is 1. The monoisotopic (exact) mass is 364 g/mol. The van der Waals surface area contributed by atoms with E-state index in [4.69, 9.17) is 4.74 Å². The molecule has 0 saturated heterocycles. The van der Waals surface area contributed by atoms with Gasteiger partial charge in [0.05, 0.1) is 12.4 Å². The first-order valence-electron chi connectivity index (χ1n) is 8.27. The Morgan fingerprint density at radius 2 is 2.12 bits per heavy atom. The maximum atomic E-state index is 12.2. The van der Waals surface area contributed by atoms with Gasteiger partial charge in [0.2, 0.25) is 5.91 Å². The summed E-state index contributed by atoms with van der Waals surface area (Å²) in [6, 6.07) is 7.77. The van der Waals surface area contributed by atoms with Gasteiger partial charge < -0.3 is 10.1 Å². The molecule has 1 heterocycles. The number of ether oxygens (including phenoxy) is 1. The molecule has 0 saturated carbocycles. The molecule has 1 amide bonds. The van der Waals surface area contributed by atoms with E-state index in [1.54, 1.807) is 11.7 Å². The second-order valence-corrected chi connectivity index (χ2v) is 6.92. The second kappa shape index (κ2) is 9.31. The predicted octanol–water partition coefficient (Wildman–Crippen LogP) is 1.83. The fourth-order valence-corrected chi connectivity index (χ4v) is 3.20. The van der Waals surface area contributed by atoms with E-state index >= 15 is 0 Å². The fraction of sp³-hybridized carbons (Fsp3) is 0.471. The molecule has 1 aromatic carbocycles. The number of methoxy groups -OCH3 is 1. The van der Waals surface area contributed by atoms with E-state index in [1.165, 1.54) is 11.8 Å². The number of aromatic nitrogens is 3. The van der Waals surface area contributed by atoms with Crippen molar-refractivity contribution in [1.82, 2.24) is 20.1 Å². The molecule has 0 aliphatic rings. The minimum absolute atomic E-state index is 0.0722. The Morgan fingerprint density at radius 1 is 1.40 bits per heavy atom. The lowest BCUT2D eigenvalue weighted by Gasteiger charge is -2.12. The number of amides is 1. The number of nitrogens with zero attached hydrogens (tertiary/aromatic N) is 2. The van der Waals surface area contributed by atoms with Crippen molar-refractivity contribution < 1.29 is 9.53 Å². The number of H-pyrrole nitrogens is 1. The second-order valence-electron chi connectivity index (χ2n) is 5.61. The molecule has 7 nitrogen and oxygen atoms in total. The minimum atomic E-state index is -0.332. The number of hydrogen-bond acceptors (Lipinski definition) is 5. The summed E-state index contributed by atoms with van der Waals surface area (Å²) >= 11 is 1.28. The lowest BCUT2D eigenvalue weighted by Crippen LogP contribution is -2.32. The molecule has 0 bridgehead atoms. The highest BCUT2D eigenvalue weighted by Crippen LogP contribution is 2.20. The SMILES string of the molecule is CCCn1c(S[C@@H](C)C(=O)NCCc2ccc(OC)cc2)n[nH]c1=O. The van der Waals surface area contributed by atoms with Gasteiger partial charge in [-0.15, -0.1) is 5.10 Å². The average molecular weight is 364 g/mol. The number of rotatable bonds is 9. The summed E-state index contributed by atoms with van der Waals surface area (Å²) in [7, 11) is 1.63. The van der Waals surface area contributed by atoms with Crippen LogP contribution in [0.2, 0.25) is 0 Å². The summed E-state index contributed by atoms with van der Waals surface area (Å²) in [6.45, 7) is 4.94. The number of benzene rings is 1. The standard InChI is InChI=1S/C17H24N4O3S/c1-4-11-21-16(23)19-20-17(21)25-12(2)15(22)18-10-9-13-5-7-14(24-3)8-6-13/h5-8,12H,4,9-11H2,1-3H3,(H,18,22)(H,19,23)/t12-/m0/s1. The summed E-state index contributed by atoms with van der Waals surface area (Å²) in [6.07, 6.45) is 1.57. The van der Waals surface area contributed by atoms with Crippen LogP contribution in [0.25, 0.3) is 0 Å². The zero-order valence-corrected chi connectivity index (χ0v) is 15.6. The molecule has 0 spiro atoms. The maximum absolute atomic E-state index is 12.2. The van der Waals surface area contributed by atoms with Gasteiger partial charge in [0.25, 0.3) is 0 Å². The Morgan fingerprint density at radius 3 is 2.76 bits per heavy atom. The number of carbonyl (C=O) groups excluding carboxylic acids is 1. The third-order valence-corrected chi connectivity index (χ3v) is 4.78. The van der Waals surface area contributed by atoms with Gasteiger partial charge in [0.1, 0.15) is 5.75 Å². The molecule has 0 fully saturated rings. The molecule has 1 aromatic heterocycles. The molecular formula is C17H24N4O3S. The first-order valence-corrected chi connectivity index (χ1v) is 9.15. The molecule has 136 valence electrons. The molecule has 0 aliphatic carbocycles. The molecule has 2 N–H and O–H groups in total. The summed E-state index contributed by atoms with van der Waals surface area (Å²) in [5.41, 5.74) is 0.891. The molecule has 25 heavy (non-hydrogen) atoms. The van der Waals surface area contributed by atoms with Gasteiger partial charge in [-0.1, -0.05) is 30.8 Å². The predicted molar refractivity (Wildman–Crippen MR) is 98.2 cm³/mol. The highest BCUT2D eigenvalue weighted by atomic mass is 32.2. The lowest BCUT2D eigenvalue weighted by atomic mass is 10.1. The molecule has 0 radical (unpaired) electrons. The Kier molecular flexibility index (Phi) is 7.12. The van der Waals surface area contributed by atoms with E-state index < -0.39 is 0 Å². The third kappa shape index (κ3) is 5.38. The summed E-state index contributed by atoms with van der Waals surface area (Å²) < 4.78 is 6.68. The van der Waals surface area contributed by atoms with E-state index in [-0.39, 0.29) is 16.8 Å². The number of hydrogen-bond donors (Lipinski definition) is 2. The number of aromatic amines is 1. The zero-order valence-electron chi connectivity index (χ0n) is 14.7. The van der Waals surface area contributed by atoms with Crippen molar-refractivity contribution in [2.24, 2.45) is 0 Å². The quantitative estimate of drug-likeness (QED) is 0.663. The van der Waals surface area contributed by atoms with Crippen molar-refractivity contribution in [3.63, 3.8) is 0 Å². The topological polar surface area (TPSA) is 89.0 Å². The summed E-state index contributed by atoms with van der Waals surface area (Å²) in [4.78, 5) is 23.9. The average Bonchev–Trinajstić information content (AvgIpc) is 2.96. The van der Waals surface area contributed by atoms with E-state index in [0.29, 0.717) is 18.2 Å². The first kappa shape index (κ1) is 19.1. The molecule has 8 heteroatoms. The van der Waals surface area contributed by atoms with Crippen LogP contribution in [-0.4, -0.2) is 39.6 Å².